The van der Waals surface area contributed by atoms with Gasteiger partial charge in [-0.15, -0.1) is 0 Å². The number of carboxylic acid groups (broad SMARTS) is 1. The number of benzene rings is 2. The standard InChI is InChI=1S/C37H48N6O8/c1-37(2,3)32(42-35(48)51-5)34(47)40-26(19-24-14-16-25(17-15-24)27-13-9-10-18-39-27)21-30(44)28(20-23-11-7-6-8-12-23)41-33(46)29(22-31(38)45)43(4)36(49)50/h6-18,26,28-30,32,44H,19-22H2,1-5H3,(H2,38,45)(H,40,47)(H,41,46)(H,42,48)(H,49,50)/t26-,28-,29-,30-,32+/m0/s1. The van der Waals surface area contributed by atoms with E-state index in [0.29, 0.717) is 4.90 Å². The molecule has 0 spiro atoms. The molecule has 0 saturated carbocycles. The molecule has 3 rings (SSSR count). The van der Waals surface area contributed by atoms with Gasteiger partial charge in [0.25, 0.3) is 0 Å². The third-order valence-electron chi connectivity index (χ3n) is 8.40. The summed E-state index contributed by atoms with van der Waals surface area (Å²) < 4.78 is 4.75. The highest BCUT2D eigenvalue weighted by Gasteiger charge is 2.36. The molecule has 0 fully saturated rings. The minimum Gasteiger partial charge on any atom is -0.465 e. The van der Waals surface area contributed by atoms with Crippen molar-refractivity contribution in [3.8, 4) is 11.3 Å². The first-order valence-electron chi connectivity index (χ1n) is 16.5. The number of nitrogens with zero attached hydrogens (tertiary/aromatic N) is 2. The van der Waals surface area contributed by atoms with E-state index in [4.69, 9.17) is 10.5 Å². The van der Waals surface area contributed by atoms with E-state index in [1.807, 2.05) is 60.7 Å². The van der Waals surface area contributed by atoms with E-state index < -0.39 is 72.0 Å². The molecule has 14 heteroatoms. The number of carbonyl (C=O) groups is 5. The quantitative estimate of drug-likeness (QED) is 0.129. The average Bonchev–Trinajstić information content (AvgIpc) is 3.09. The lowest BCUT2D eigenvalue weighted by Gasteiger charge is -2.33. The number of primary amides is 1. The zero-order valence-electron chi connectivity index (χ0n) is 29.5. The van der Waals surface area contributed by atoms with Gasteiger partial charge in [-0.25, -0.2) is 9.59 Å². The van der Waals surface area contributed by atoms with Crippen molar-refractivity contribution < 1.29 is 38.9 Å². The van der Waals surface area contributed by atoms with Gasteiger partial charge in [-0.3, -0.25) is 24.3 Å². The summed E-state index contributed by atoms with van der Waals surface area (Å²) in [6, 6.07) is 18.1. The van der Waals surface area contributed by atoms with Gasteiger partial charge in [-0.05, 0) is 47.9 Å². The number of amides is 5. The van der Waals surface area contributed by atoms with Gasteiger partial charge in [0.2, 0.25) is 17.7 Å². The van der Waals surface area contributed by atoms with Crippen molar-refractivity contribution >= 4 is 29.9 Å². The summed E-state index contributed by atoms with van der Waals surface area (Å²) in [5.41, 5.74) is 7.88. The number of nitrogens with two attached hydrogens (primary N) is 1. The normalized spacial score (nSPS) is 14.2. The number of nitrogens with one attached hydrogen (secondary N) is 3. The van der Waals surface area contributed by atoms with E-state index in [1.54, 1.807) is 39.1 Å². The molecule has 0 unspecified atom stereocenters. The zero-order chi connectivity index (χ0) is 37.7. The molecule has 274 valence electrons. The average molecular weight is 705 g/mol. The number of ether oxygens (including phenoxy) is 1. The van der Waals surface area contributed by atoms with Crippen LogP contribution in [0, 0.1) is 5.41 Å². The lowest BCUT2D eigenvalue weighted by molar-refractivity contribution is -0.131. The van der Waals surface area contributed by atoms with Crippen LogP contribution in [0.5, 0.6) is 0 Å². The fourth-order valence-electron chi connectivity index (χ4n) is 5.57. The number of hydrogen-bond acceptors (Lipinski definition) is 8. The Balaban J connectivity index is 1.96. The van der Waals surface area contributed by atoms with E-state index in [-0.39, 0.29) is 19.3 Å². The molecule has 0 bridgehead atoms. The summed E-state index contributed by atoms with van der Waals surface area (Å²) in [5.74, 6) is -2.21. The van der Waals surface area contributed by atoms with Gasteiger partial charge >= 0.3 is 12.2 Å². The van der Waals surface area contributed by atoms with Crippen LogP contribution in [0.3, 0.4) is 0 Å². The SMILES string of the molecule is COC(=O)N[C@H](C(=O)N[C@@H](Cc1ccc(-c2ccccn2)cc1)C[C@H](O)[C@H](Cc1ccccc1)NC(=O)[C@H](CC(N)=O)N(C)C(=O)O)C(C)(C)C. The number of rotatable bonds is 16. The Kier molecular flexibility index (Phi) is 14.5. The molecule has 3 aromatic rings. The monoisotopic (exact) mass is 704 g/mol. The number of alkyl carbamates (subject to hydrolysis) is 1. The van der Waals surface area contributed by atoms with Crippen LogP contribution in [0.15, 0.2) is 79.0 Å². The van der Waals surface area contributed by atoms with Gasteiger partial charge in [0.05, 0.1) is 31.4 Å². The molecule has 1 heterocycles. The second-order valence-electron chi connectivity index (χ2n) is 13.4. The molecule has 1 aromatic heterocycles. The van der Waals surface area contributed by atoms with Crippen LogP contribution in [0.2, 0.25) is 0 Å². The second-order valence-corrected chi connectivity index (χ2v) is 13.4. The Labute approximate surface area is 297 Å². The molecule has 0 saturated heterocycles. The predicted octanol–water partition coefficient (Wildman–Crippen LogP) is 2.88. The van der Waals surface area contributed by atoms with Crippen molar-refractivity contribution in [2.24, 2.45) is 11.1 Å². The molecule has 0 aliphatic heterocycles. The van der Waals surface area contributed by atoms with Crippen LogP contribution in [0.4, 0.5) is 9.59 Å². The van der Waals surface area contributed by atoms with Crippen molar-refractivity contribution in [2.75, 3.05) is 14.2 Å². The summed E-state index contributed by atoms with van der Waals surface area (Å²) in [4.78, 5) is 68.1. The maximum Gasteiger partial charge on any atom is 0.407 e. The summed E-state index contributed by atoms with van der Waals surface area (Å²) in [5, 5.41) is 29.7. The van der Waals surface area contributed by atoms with E-state index in [9.17, 15) is 34.2 Å². The summed E-state index contributed by atoms with van der Waals surface area (Å²) in [7, 11) is 2.35. The molecule has 0 radical (unpaired) electrons. The molecule has 0 aliphatic carbocycles. The van der Waals surface area contributed by atoms with Crippen LogP contribution >= 0.6 is 0 Å². The molecule has 2 aromatic carbocycles. The number of likely N-dealkylation sites (N-methyl/N-ethyl adjacent to an activating group) is 1. The van der Waals surface area contributed by atoms with Gasteiger partial charge in [0.1, 0.15) is 12.1 Å². The first-order chi connectivity index (χ1) is 24.1. The van der Waals surface area contributed by atoms with E-state index in [0.717, 1.165) is 29.4 Å². The molecule has 5 atom stereocenters. The number of aromatic nitrogens is 1. The topological polar surface area (TPSA) is 213 Å². The number of aliphatic hydroxyl groups excluding tert-OH is 1. The minimum atomic E-state index is -1.45. The number of pyridine rings is 1. The van der Waals surface area contributed by atoms with Crippen LogP contribution in [-0.4, -0.2) is 94.4 Å². The number of methoxy groups -OCH3 is 1. The third kappa shape index (κ3) is 12.4. The lowest BCUT2D eigenvalue weighted by Crippen LogP contribution is -2.57. The number of aliphatic hydroxyl groups is 1. The Morgan fingerprint density at radius 3 is 2.04 bits per heavy atom. The van der Waals surface area contributed by atoms with Gasteiger partial charge in [-0.1, -0.05) is 81.4 Å². The molecule has 5 amide bonds. The molecule has 51 heavy (non-hydrogen) atoms. The molecular formula is C37H48N6O8. The van der Waals surface area contributed by atoms with Gasteiger partial charge in [-0.2, -0.15) is 0 Å². The molecular weight excluding hydrogens is 656 g/mol. The summed E-state index contributed by atoms with van der Waals surface area (Å²) in [6.07, 6.45) is -2.03. The highest BCUT2D eigenvalue weighted by Crippen LogP contribution is 2.22. The smallest absolute Gasteiger partial charge is 0.407 e. The first-order valence-corrected chi connectivity index (χ1v) is 16.5. The van der Waals surface area contributed by atoms with Crippen LogP contribution in [-0.2, 0) is 32.0 Å². The first kappa shape index (κ1) is 39.9. The predicted molar refractivity (Wildman–Crippen MR) is 190 cm³/mol. The maximum atomic E-state index is 13.8. The van der Waals surface area contributed by atoms with E-state index >= 15 is 0 Å². The maximum absolute atomic E-state index is 13.8. The van der Waals surface area contributed by atoms with Crippen LogP contribution < -0.4 is 21.7 Å². The van der Waals surface area contributed by atoms with E-state index in [2.05, 4.69) is 20.9 Å². The van der Waals surface area contributed by atoms with Gasteiger partial charge in [0, 0.05) is 24.8 Å². The van der Waals surface area contributed by atoms with Crippen molar-refractivity contribution in [2.45, 2.75) is 76.7 Å². The Morgan fingerprint density at radius 1 is 0.863 bits per heavy atom. The molecule has 14 nitrogen and oxygen atoms in total. The summed E-state index contributed by atoms with van der Waals surface area (Å²) in [6.45, 7) is 5.36. The van der Waals surface area contributed by atoms with Crippen molar-refractivity contribution in [1.82, 2.24) is 25.8 Å². The highest BCUT2D eigenvalue weighted by molar-refractivity contribution is 5.90. The third-order valence-corrected chi connectivity index (χ3v) is 8.40. The zero-order valence-corrected chi connectivity index (χ0v) is 29.5. The summed E-state index contributed by atoms with van der Waals surface area (Å²) >= 11 is 0. The molecule has 0 aliphatic rings. The van der Waals surface area contributed by atoms with Gasteiger partial charge in [0.15, 0.2) is 0 Å². The minimum absolute atomic E-state index is 0.0597. The Bertz CT molecular complexity index is 1620. The fourth-order valence-corrected chi connectivity index (χ4v) is 5.57. The van der Waals surface area contributed by atoms with Gasteiger partial charge < -0.3 is 36.6 Å². The number of carbonyl (C=O) groups excluding carboxylic acids is 4. The Morgan fingerprint density at radius 2 is 1.49 bits per heavy atom. The second kappa shape index (κ2) is 18.5. The van der Waals surface area contributed by atoms with Crippen LogP contribution in [0.1, 0.15) is 44.7 Å². The fraction of sp³-hybridized carbons (Fsp3) is 0.405. The van der Waals surface area contributed by atoms with Crippen molar-refractivity contribution in [3.63, 3.8) is 0 Å². The highest BCUT2D eigenvalue weighted by atomic mass is 16.5. The van der Waals surface area contributed by atoms with Crippen molar-refractivity contribution in [3.05, 3.63) is 90.1 Å². The molecule has 7 N–H and O–H groups in total. The largest absolute Gasteiger partial charge is 0.465 e. The van der Waals surface area contributed by atoms with Crippen LogP contribution in [0.25, 0.3) is 11.3 Å². The Hall–Kier alpha value is -5.50. The van der Waals surface area contributed by atoms with E-state index in [1.165, 1.54) is 7.11 Å². The van der Waals surface area contributed by atoms with Crippen molar-refractivity contribution in [1.29, 1.82) is 0 Å². The lowest BCUT2D eigenvalue weighted by atomic mass is 9.85. The number of hydrogen-bond donors (Lipinski definition) is 6.